The molecular formula is C21H23ClN2O6S. The van der Waals surface area contributed by atoms with Gasteiger partial charge in [-0.1, -0.05) is 23.7 Å². The van der Waals surface area contributed by atoms with Gasteiger partial charge < -0.3 is 15.2 Å². The van der Waals surface area contributed by atoms with Crippen LogP contribution in [0.5, 0.6) is 0 Å². The number of ether oxygens (including phenoxy) is 2. The van der Waals surface area contributed by atoms with Gasteiger partial charge in [0.2, 0.25) is 15.9 Å². The SMILES string of the molecule is CC1CN(S(=O)(=O)c2cc(C(=O)OCc3cccc(C(N)=O)c3)ccc2Cl)CC(C)O1. The molecule has 2 N–H and O–H groups in total. The van der Waals surface area contributed by atoms with Gasteiger partial charge in [-0.2, -0.15) is 4.31 Å². The van der Waals surface area contributed by atoms with Crippen LogP contribution in [-0.2, 0) is 26.1 Å². The first-order valence-electron chi connectivity index (χ1n) is 9.59. The average Bonchev–Trinajstić information content (AvgIpc) is 2.71. The molecule has 0 aliphatic carbocycles. The van der Waals surface area contributed by atoms with E-state index in [1.54, 1.807) is 32.0 Å². The van der Waals surface area contributed by atoms with Gasteiger partial charge in [0.05, 0.1) is 22.8 Å². The van der Waals surface area contributed by atoms with Gasteiger partial charge in [-0.05, 0) is 49.7 Å². The number of amides is 1. The molecule has 0 aromatic heterocycles. The number of hydrogen-bond donors (Lipinski definition) is 1. The molecule has 1 aliphatic rings. The van der Waals surface area contributed by atoms with Gasteiger partial charge in [-0.25, -0.2) is 13.2 Å². The fourth-order valence-electron chi connectivity index (χ4n) is 3.34. The third-order valence-electron chi connectivity index (χ3n) is 4.75. The van der Waals surface area contributed by atoms with Crippen LogP contribution in [0, 0.1) is 0 Å². The highest BCUT2D eigenvalue weighted by Gasteiger charge is 2.34. The highest BCUT2D eigenvalue weighted by Crippen LogP contribution is 2.28. The van der Waals surface area contributed by atoms with E-state index < -0.39 is 21.9 Å². The predicted octanol–water partition coefficient (Wildman–Crippen LogP) is 2.59. The Morgan fingerprint density at radius 2 is 1.81 bits per heavy atom. The first-order chi connectivity index (χ1) is 14.6. The van der Waals surface area contributed by atoms with E-state index in [1.165, 1.54) is 28.6 Å². The lowest BCUT2D eigenvalue weighted by molar-refractivity contribution is -0.0440. The minimum Gasteiger partial charge on any atom is -0.457 e. The Morgan fingerprint density at radius 3 is 2.45 bits per heavy atom. The van der Waals surface area contributed by atoms with Crippen LogP contribution in [0.1, 0.15) is 40.1 Å². The molecule has 2 aromatic carbocycles. The number of morpholine rings is 1. The Labute approximate surface area is 185 Å². The Bertz CT molecular complexity index is 1090. The van der Waals surface area contributed by atoms with Crippen LogP contribution in [0.4, 0.5) is 0 Å². The number of halogens is 1. The highest BCUT2D eigenvalue weighted by molar-refractivity contribution is 7.89. The number of carbonyl (C=O) groups is 2. The molecule has 0 spiro atoms. The van der Waals surface area contributed by atoms with Crippen LogP contribution < -0.4 is 5.73 Å². The second-order valence-corrected chi connectivity index (χ2v) is 9.68. The van der Waals surface area contributed by atoms with Crippen LogP contribution >= 0.6 is 11.6 Å². The molecule has 31 heavy (non-hydrogen) atoms. The molecule has 1 aliphatic heterocycles. The highest BCUT2D eigenvalue weighted by atomic mass is 35.5. The van der Waals surface area contributed by atoms with Crippen molar-refractivity contribution in [1.82, 2.24) is 4.31 Å². The summed E-state index contributed by atoms with van der Waals surface area (Å²) in [4.78, 5) is 23.6. The van der Waals surface area contributed by atoms with Crippen molar-refractivity contribution >= 4 is 33.5 Å². The molecule has 3 rings (SSSR count). The number of carbonyl (C=O) groups excluding carboxylic acids is 2. The zero-order valence-electron chi connectivity index (χ0n) is 17.1. The second kappa shape index (κ2) is 9.35. The van der Waals surface area contributed by atoms with Crippen molar-refractivity contribution in [2.24, 2.45) is 5.73 Å². The molecule has 1 amide bonds. The van der Waals surface area contributed by atoms with Crippen LogP contribution in [0.25, 0.3) is 0 Å². The maximum absolute atomic E-state index is 13.1. The van der Waals surface area contributed by atoms with E-state index in [9.17, 15) is 18.0 Å². The monoisotopic (exact) mass is 466 g/mol. The number of nitrogens with two attached hydrogens (primary N) is 1. The normalized spacial score (nSPS) is 19.7. The molecular weight excluding hydrogens is 444 g/mol. The smallest absolute Gasteiger partial charge is 0.338 e. The Balaban J connectivity index is 1.79. The summed E-state index contributed by atoms with van der Waals surface area (Å²) in [5.41, 5.74) is 6.16. The fourth-order valence-corrected chi connectivity index (χ4v) is 5.43. The van der Waals surface area contributed by atoms with Crippen molar-refractivity contribution in [2.75, 3.05) is 13.1 Å². The number of sulfonamides is 1. The molecule has 1 heterocycles. The summed E-state index contributed by atoms with van der Waals surface area (Å²) in [5, 5.41) is 0.0116. The van der Waals surface area contributed by atoms with Gasteiger partial charge in [-0.15, -0.1) is 0 Å². The molecule has 1 saturated heterocycles. The van der Waals surface area contributed by atoms with E-state index in [-0.39, 0.29) is 47.4 Å². The molecule has 2 atom stereocenters. The van der Waals surface area contributed by atoms with Gasteiger partial charge >= 0.3 is 5.97 Å². The number of rotatable bonds is 6. The van der Waals surface area contributed by atoms with Gasteiger partial charge in [0, 0.05) is 18.7 Å². The van der Waals surface area contributed by atoms with Crippen molar-refractivity contribution in [3.8, 4) is 0 Å². The minimum atomic E-state index is -3.93. The van der Waals surface area contributed by atoms with E-state index >= 15 is 0 Å². The maximum atomic E-state index is 13.1. The number of hydrogen-bond acceptors (Lipinski definition) is 6. The summed E-state index contributed by atoms with van der Waals surface area (Å²) < 4.78 is 38.5. The van der Waals surface area contributed by atoms with Crippen LogP contribution in [0.15, 0.2) is 47.4 Å². The van der Waals surface area contributed by atoms with Crippen molar-refractivity contribution < 1.29 is 27.5 Å². The molecule has 0 saturated carbocycles. The zero-order chi connectivity index (χ0) is 22.8. The van der Waals surface area contributed by atoms with E-state index in [1.807, 2.05) is 0 Å². The molecule has 1 fully saturated rings. The number of primary amides is 1. The number of benzene rings is 2. The number of nitrogens with zero attached hydrogens (tertiary/aromatic N) is 1. The second-order valence-electron chi connectivity index (χ2n) is 7.37. The molecule has 8 nitrogen and oxygen atoms in total. The van der Waals surface area contributed by atoms with E-state index in [0.717, 1.165) is 0 Å². The summed E-state index contributed by atoms with van der Waals surface area (Å²) in [6, 6.07) is 10.3. The van der Waals surface area contributed by atoms with Crippen molar-refractivity contribution in [3.63, 3.8) is 0 Å². The summed E-state index contributed by atoms with van der Waals surface area (Å²) in [6.45, 7) is 3.85. The first kappa shape index (κ1) is 23.2. The minimum absolute atomic E-state index is 0.0116. The third-order valence-corrected chi connectivity index (χ3v) is 7.07. The lowest BCUT2D eigenvalue weighted by Gasteiger charge is -2.34. The average molecular weight is 467 g/mol. The van der Waals surface area contributed by atoms with Gasteiger partial charge in [0.25, 0.3) is 0 Å². The van der Waals surface area contributed by atoms with Crippen molar-refractivity contribution in [2.45, 2.75) is 37.6 Å². The predicted molar refractivity (Wildman–Crippen MR) is 114 cm³/mol. The van der Waals surface area contributed by atoms with E-state index in [0.29, 0.717) is 11.1 Å². The summed E-state index contributed by atoms with van der Waals surface area (Å²) in [5.74, 6) is -1.31. The van der Waals surface area contributed by atoms with Crippen molar-refractivity contribution in [1.29, 1.82) is 0 Å². The summed E-state index contributed by atoms with van der Waals surface area (Å²) >= 11 is 6.16. The standard InChI is InChI=1S/C21H23ClN2O6S/c1-13-10-24(11-14(2)30-13)31(27,28)19-9-17(6-7-18(19)22)21(26)29-12-15-4-3-5-16(8-15)20(23)25/h3-9,13-14H,10-12H2,1-2H3,(H2,23,25). The Kier molecular flexibility index (Phi) is 7.00. The Morgan fingerprint density at radius 1 is 1.13 bits per heavy atom. The van der Waals surface area contributed by atoms with E-state index in [2.05, 4.69) is 0 Å². The molecule has 0 radical (unpaired) electrons. The lowest BCUT2D eigenvalue weighted by Crippen LogP contribution is -2.48. The van der Waals surface area contributed by atoms with Crippen molar-refractivity contribution in [3.05, 3.63) is 64.2 Å². The molecule has 10 heteroatoms. The van der Waals surface area contributed by atoms with Gasteiger partial charge in [-0.3, -0.25) is 4.79 Å². The molecule has 2 aromatic rings. The van der Waals surface area contributed by atoms with Gasteiger partial charge in [0.1, 0.15) is 11.5 Å². The molecule has 2 unspecified atom stereocenters. The molecule has 166 valence electrons. The third kappa shape index (κ3) is 5.43. The molecule has 0 bridgehead atoms. The fraction of sp³-hybridized carbons (Fsp3) is 0.333. The lowest BCUT2D eigenvalue weighted by atomic mass is 10.1. The van der Waals surface area contributed by atoms with Gasteiger partial charge in [0.15, 0.2) is 0 Å². The largest absolute Gasteiger partial charge is 0.457 e. The quantitative estimate of drug-likeness (QED) is 0.654. The van der Waals surface area contributed by atoms with Crippen LogP contribution in [0.3, 0.4) is 0 Å². The first-order valence-corrected chi connectivity index (χ1v) is 11.4. The van der Waals surface area contributed by atoms with Crippen LogP contribution in [-0.4, -0.2) is 49.9 Å². The van der Waals surface area contributed by atoms with Crippen LogP contribution in [0.2, 0.25) is 5.02 Å². The number of esters is 1. The zero-order valence-corrected chi connectivity index (χ0v) is 18.7. The maximum Gasteiger partial charge on any atom is 0.338 e. The Hall–Kier alpha value is -2.46. The topological polar surface area (TPSA) is 116 Å². The van der Waals surface area contributed by atoms with E-state index in [4.69, 9.17) is 26.8 Å². The summed E-state index contributed by atoms with van der Waals surface area (Å²) in [6.07, 6.45) is -0.525. The summed E-state index contributed by atoms with van der Waals surface area (Å²) in [7, 11) is -3.93.